The predicted molar refractivity (Wildman–Crippen MR) is 116 cm³/mol. The summed E-state index contributed by atoms with van der Waals surface area (Å²) < 4.78 is 29.8. The van der Waals surface area contributed by atoms with Crippen LogP contribution < -0.4 is 5.56 Å². The van der Waals surface area contributed by atoms with E-state index in [4.69, 9.17) is 0 Å². The summed E-state index contributed by atoms with van der Waals surface area (Å²) in [4.78, 5) is 34.3. The lowest BCUT2D eigenvalue weighted by molar-refractivity contribution is 0.0694. The molecular weight excluding hydrogens is 430 g/mol. The van der Waals surface area contributed by atoms with E-state index in [0.717, 1.165) is 17.7 Å². The molecular formula is C23H20F2N6O2. The molecule has 4 aromatic rings. The van der Waals surface area contributed by atoms with Crippen molar-refractivity contribution in [3.63, 3.8) is 0 Å². The number of benzene rings is 2. The second-order valence-corrected chi connectivity index (χ2v) is 8.04. The highest BCUT2D eigenvalue weighted by molar-refractivity contribution is 5.94. The Labute approximate surface area is 186 Å². The Hall–Kier alpha value is -3.95. The third kappa shape index (κ3) is 3.99. The molecule has 5 rings (SSSR count). The number of halogens is 2. The lowest BCUT2D eigenvalue weighted by Gasteiger charge is -2.32. The topological polar surface area (TPSA) is 96.8 Å². The van der Waals surface area contributed by atoms with Crippen LogP contribution in [0, 0.1) is 11.6 Å². The Balaban J connectivity index is 1.44. The maximum absolute atomic E-state index is 14.1. The summed E-state index contributed by atoms with van der Waals surface area (Å²) >= 11 is 0. The van der Waals surface area contributed by atoms with Crippen molar-refractivity contribution in [2.45, 2.75) is 25.3 Å². The van der Waals surface area contributed by atoms with Gasteiger partial charge in [0.2, 0.25) is 0 Å². The average molecular weight is 450 g/mol. The number of likely N-dealkylation sites (tertiary alicyclic amines) is 1. The zero-order chi connectivity index (χ0) is 22.9. The molecule has 0 spiro atoms. The maximum atomic E-state index is 14.1. The fraction of sp³-hybridized carbons (Fsp3) is 0.261. The number of rotatable bonds is 4. The second kappa shape index (κ2) is 8.53. The molecule has 1 N–H and O–H groups in total. The van der Waals surface area contributed by atoms with E-state index < -0.39 is 28.7 Å². The van der Waals surface area contributed by atoms with Crippen molar-refractivity contribution in [3.8, 4) is 0 Å². The highest BCUT2D eigenvalue weighted by atomic mass is 19.1. The molecule has 0 bridgehead atoms. The van der Waals surface area contributed by atoms with Crippen molar-refractivity contribution in [2.75, 3.05) is 13.1 Å². The standard InChI is InChI=1S/C23H20F2N6O2/c24-16-9-4-10-17(25)18(16)23(33)30-11-5-8-15(13-30)20-26-21-19(22(32)27-20)28-29-31(21)12-14-6-2-1-3-7-14/h1-4,6-7,9-10,15H,5,8,11-13H2,(H,26,27,32)/t15-/m1/s1. The summed E-state index contributed by atoms with van der Waals surface area (Å²) in [6.07, 6.45) is 1.27. The van der Waals surface area contributed by atoms with E-state index in [-0.39, 0.29) is 18.0 Å². The first-order valence-corrected chi connectivity index (χ1v) is 10.6. The number of carbonyl (C=O) groups is 1. The largest absolute Gasteiger partial charge is 0.338 e. The molecule has 3 heterocycles. The van der Waals surface area contributed by atoms with Crippen molar-refractivity contribution in [3.05, 3.63) is 87.5 Å². The van der Waals surface area contributed by atoms with Crippen LogP contribution in [0.1, 0.15) is 40.5 Å². The van der Waals surface area contributed by atoms with Gasteiger partial charge in [0.25, 0.3) is 11.5 Å². The van der Waals surface area contributed by atoms with Crippen LogP contribution in [0.15, 0.2) is 53.3 Å². The zero-order valence-electron chi connectivity index (χ0n) is 17.5. The summed E-state index contributed by atoms with van der Waals surface area (Å²) in [7, 11) is 0. The van der Waals surface area contributed by atoms with E-state index in [1.54, 1.807) is 4.68 Å². The third-order valence-electron chi connectivity index (χ3n) is 5.84. The summed E-state index contributed by atoms with van der Waals surface area (Å²) in [5.41, 5.74) is 0.473. The molecule has 0 unspecified atom stereocenters. The number of H-pyrrole nitrogens is 1. The summed E-state index contributed by atoms with van der Waals surface area (Å²) in [6.45, 7) is 0.944. The molecule has 0 saturated carbocycles. The average Bonchev–Trinajstić information content (AvgIpc) is 3.23. The second-order valence-electron chi connectivity index (χ2n) is 8.04. The van der Waals surface area contributed by atoms with E-state index in [0.29, 0.717) is 37.4 Å². The molecule has 8 nitrogen and oxygen atoms in total. The maximum Gasteiger partial charge on any atom is 0.281 e. The first-order valence-electron chi connectivity index (χ1n) is 10.6. The van der Waals surface area contributed by atoms with Crippen molar-refractivity contribution < 1.29 is 13.6 Å². The number of piperidine rings is 1. The van der Waals surface area contributed by atoms with Gasteiger partial charge in [-0.3, -0.25) is 9.59 Å². The van der Waals surface area contributed by atoms with Gasteiger partial charge in [-0.05, 0) is 30.5 Å². The first kappa shape index (κ1) is 20.9. The Morgan fingerprint density at radius 3 is 2.61 bits per heavy atom. The van der Waals surface area contributed by atoms with E-state index in [1.807, 2.05) is 30.3 Å². The molecule has 2 aromatic carbocycles. The molecule has 1 saturated heterocycles. The highest BCUT2D eigenvalue weighted by Gasteiger charge is 2.30. The Morgan fingerprint density at radius 2 is 1.85 bits per heavy atom. The summed E-state index contributed by atoms with van der Waals surface area (Å²) in [5.74, 6) is -2.41. The zero-order valence-corrected chi connectivity index (χ0v) is 17.5. The SMILES string of the molecule is O=C(c1c(F)cccc1F)N1CCC[C@@H](c2nc3c(nnn3Cc3ccccc3)c(=O)[nH]2)C1. The van der Waals surface area contributed by atoms with Crippen LogP contribution >= 0.6 is 0 Å². The molecule has 1 atom stereocenters. The number of amides is 1. The van der Waals surface area contributed by atoms with Gasteiger partial charge < -0.3 is 9.88 Å². The third-order valence-corrected chi connectivity index (χ3v) is 5.84. The van der Waals surface area contributed by atoms with Crippen LogP contribution in [-0.4, -0.2) is 48.9 Å². The van der Waals surface area contributed by atoms with Crippen molar-refractivity contribution in [1.82, 2.24) is 29.9 Å². The van der Waals surface area contributed by atoms with Crippen LogP contribution in [0.3, 0.4) is 0 Å². The number of nitrogens with zero attached hydrogens (tertiary/aromatic N) is 5. The van der Waals surface area contributed by atoms with Gasteiger partial charge in [-0.2, -0.15) is 0 Å². The molecule has 168 valence electrons. The van der Waals surface area contributed by atoms with Crippen LogP contribution in [0.2, 0.25) is 0 Å². The van der Waals surface area contributed by atoms with Crippen LogP contribution in [-0.2, 0) is 6.54 Å². The fourth-order valence-corrected chi connectivity index (χ4v) is 4.18. The number of carbonyl (C=O) groups excluding carboxylic acids is 1. The molecule has 0 radical (unpaired) electrons. The van der Waals surface area contributed by atoms with Gasteiger partial charge in [0.05, 0.1) is 6.54 Å². The van der Waals surface area contributed by atoms with Gasteiger partial charge >= 0.3 is 0 Å². The number of aromatic nitrogens is 5. The van der Waals surface area contributed by atoms with Crippen molar-refractivity contribution in [2.24, 2.45) is 0 Å². The van der Waals surface area contributed by atoms with E-state index >= 15 is 0 Å². The van der Waals surface area contributed by atoms with Crippen LogP contribution in [0.25, 0.3) is 11.2 Å². The molecule has 2 aromatic heterocycles. The molecule has 0 aliphatic carbocycles. The minimum atomic E-state index is -0.897. The minimum absolute atomic E-state index is 0.131. The van der Waals surface area contributed by atoms with E-state index in [2.05, 4.69) is 20.3 Å². The molecule has 1 aliphatic heterocycles. The molecule has 33 heavy (non-hydrogen) atoms. The quantitative estimate of drug-likeness (QED) is 0.516. The van der Waals surface area contributed by atoms with Gasteiger partial charge in [0.15, 0.2) is 11.2 Å². The summed E-state index contributed by atoms with van der Waals surface area (Å²) in [6, 6.07) is 12.9. The number of aromatic amines is 1. The lowest BCUT2D eigenvalue weighted by Crippen LogP contribution is -2.40. The molecule has 1 fully saturated rings. The minimum Gasteiger partial charge on any atom is -0.338 e. The van der Waals surface area contributed by atoms with Crippen LogP contribution in [0.4, 0.5) is 8.78 Å². The van der Waals surface area contributed by atoms with Gasteiger partial charge in [-0.15, -0.1) is 5.10 Å². The monoisotopic (exact) mass is 450 g/mol. The van der Waals surface area contributed by atoms with E-state index in [9.17, 15) is 18.4 Å². The number of fused-ring (bicyclic) bond motifs is 1. The van der Waals surface area contributed by atoms with Gasteiger partial charge in [-0.1, -0.05) is 41.6 Å². The van der Waals surface area contributed by atoms with Crippen LogP contribution in [0.5, 0.6) is 0 Å². The van der Waals surface area contributed by atoms with Crippen molar-refractivity contribution in [1.29, 1.82) is 0 Å². The Morgan fingerprint density at radius 1 is 1.09 bits per heavy atom. The first-order chi connectivity index (χ1) is 16.0. The smallest absolute Gasteiger partial charge is 0.281 e. The summed E-state index contributed by atoms with van der Waals surface area (Å²) in [5, 5.41) is 8.04. The Bertz CT molecular complexity index is 1360. The fourth-order valence-electron chi connectivity index (χ4n) is 4.18. The van der Waals surface area contributed by atoms with Gasteiger partial charge in [-0.25, -0.2) is 18.4 Å². The van der Waals surface area contributed by atoms with Gasteiger partial charge in [0.1, 0.15) is 23.0 Å². The highest BCUT2D eigenvalue weighted by Crippen LogP contribution is 2.27. The van der Waals surface area contributed by atoms with Crippen molar-refractivity contribution >= 4 is 17.1 Å². The predicted octanol–water partition coefficient (Wildman–Crippen LogP) is 2.86. The van der Waals surface area contributed by atoms with Gasteiger partial charge in [0, 0.05) is 19.0 Å². The molecule has 1 amide bonds. The molecule has 10 heteroatoms. The molecule has 1 aliphatic rings. The lowest BCUT2D eigenvalue weighted by atomic mass is 9.96. The number of hydrogen-bond donors (Lipinski definition) is 1. The normalized spacial score (nSPS) is 16.3. The number of hydrogen-bond acceptors (Lipinski definition) is 5. The Kier molecular flexibility index (Phi) is 5.41. The van der Waals surface area contributed by atoms with E-state index in [1.165, 1.54) is 11.0 Å². The number of nitrogens with one attached hydrogen (secondary N) is 1.